The Morgan fingerprint density at radius 2 is 1.96 bits per heavy atom. The van der Waals surface area contributed by atoms with Gasteiger partial charge in [0.15, 0.2) is 0 Å². The van der Waals surface area contributed by atoms with Crippen LogP contribution in [0.4, 0.5) is 17.6 Å². The Morgan fingerprint density at radius 1 is 1.23 bits per heavy atom. The first-order valence-electron chi connectivity index (χ1n) is 9.16. The van der Waals surface area contributed by atoms with Gasteiger partial charge in [0.2, 0.25) is 5.91 Å². The van der Waals surface area contributed by atoms with E-state index in [1.165, 1.54) is 4.90 Å². The minimum atomic E-state index is -4.80. The van der Waals surface area contributed by atoms with Crippen LogP contribution in [0.3, 0.4) is 0 Å². The number of hydrogen-bond acceptors (Lipinski definition) is 2. The van der Waals surface area contributed by atoms with Gasteiger partial charge in [-0.2, -0.15) is 13.2 Å². The average Bonchev–Trinajstić information content (AvgIpc) is 2.65. The molecule has 0 fully saturated rings. The summed E-state index contributed by atoms with van der Waals surface area (Å²) in [6.45, 7) is -0.420. The number of alkyl halides is 3. The summed E-state index contributed by atoms with van der Waals surface area (Å²) in [7, 11) is 0. The van der Waals surface area contributed by atoms with Crippen molar-refractivity contribution in [3.63, 3.8) is 0 Å². The van der Waals surface area contributed by atoms with Crippen LogP contribution in [0, 0.1) is 5.82 Å². The highest BCUT2D eigenvalue weighted by molar-refractivity contribution is 5.87. The van der Waals surface area contributed by atoms with E-state index in [1.54, 1.807) is 18.2 Å². The summed E-state index contributed by atoms with van der Waals surface area (Å²) in [5, 5.41) is 0. The standard InChI is InChI=1S/C19H15F4NO2/c1-2-18(25)24-8-7-12-3-4-14(9-13(12)11-24)26-15-5-6-16(17(20)10-15)19(21,22)23/h2-6,9-10H,1,7-8,11H2/i1D2,2D. The van der Waals surface area contributed by atoms with Crippen LogP contribution in [0.15, 0.2) is 49.0 Å². The summed E-state index contributed by atoms with van der Waals surface area (Å²) in [6.07, 6.45) is -4.30. The molecule has 0 unspecified atom stereocenters. The summed E-state index contributed by atoms with van der Waals surface area (Å²) >= 11 is 0. The molecule has 0 spiro atoms. The molecule has 1 aliphatic rings. The molecule has 0 N–H and O–H groups in total. The largest absolute Gasteiger partial charge is 0.457 e. The molecule has 0 radical (unpaired) electrons. The van der Waals surface area contributed by atoms with Gasteiger partial charge in [-0.1, -0.05) is 12.6 Å². The smallest absolute Gasteiger partial charge is 0.419 e. The molecular formula is C19H15F4NO2. The number of carbonyl (C=O) groups is 1. The fraction of sp³-hybridized carbons (Fsp3) is 0.211. The number of fused-ring (bicyclic) bond motifs is 1. The molecule has 0 saturated carbocycles. The number of halogens is 4. The highest BCUT2D eigenvalue weighted by Gasteiger charge is 2.34. The molecule has 3 rings (SSSR count). The molecule has 1 heterocycles. The molecular weight excluding hydrogens is 350 g/mol. The van der Waals surface area contributed by atoms with Crippen LogP contribution in [0.2, 0.25) is 0 Å². The SMILES string of the molecule is [2H]C([2H])=C([2H])C(=O)N1CCc2ccc(Oc3ccc(C(F)(F)F)c(F)c3)cc2C1. The fourth-order valence-corrected chi connectivity index (χ4v) is 2.77. The van der Waals surface area contributed by atoms with Crippen LogP contribution in [0.25, 0.3) is 0 Å². The van der Waals surface area contributed by atoms with Crippen LogP contribution in [0.5, 0.6) is 11.5 Å². The predicted molar refractivity (Wildman–Crippen MR) is 87.2 cm³/mol. The van der Waals surface area contributed by atoms with Crippen molar-refractivity contribution in [1.29, 1.82) is 0 Å². The van der Waals surface area contributed by atoms with Crippen LogP contribution in [-0.2, 0) is 23.9 Å². The summed E-state index contributed by atoms with van der Waals surface area (Å²) in [4.78, 5) is 13.5. The van der Waals surface area contributed by atoms with Crippen LogP contribution >= 0.6 is 0 Å². The van der Waals surface area contributed by atoms with E-state index in [9.17, 15) is 22.4 Å². The Morgan fingerprint density at radius 3 is 2.65 bits per heavy atom. The summed E-state index contributed by atoms with van der Waals surface area (Å²) in [5.41, 5.74) is 0.234. The van der Waals surface area contributed by atoms with Gasteiger partial charge in [0, 0.05) is 19.2 Å². The third-order valence-electron chi connectivity index (χ3n) is 4.07. The van der Waals surface area contributed by atoms with Gasteiger partial charge in [-0.15, -0.1) is 0 Å². The van der Waals surface area contributed by atoms with Crippen molar-refractivity contribution < 1.29 is 31.2 Å². The van der Waals surface area contributed by atoms with Crippen molar-refractivity contribution in [2.45, 2.75) is 19.1 Å². The van der Waals surface area contributed by atoms with Crippen LogP contribution in [0.1, 0.15) is 20.8 Å². The van der Waals surface area contributed by atoms with E-state index in [0.29, 0.717) is 30.7 Å². The molecule has 136 valence electrons. The third-order valence-corrected chi connectivity index (χ3v) is 4.07. The number of carbonyl (C=O) groups excluding carboxylic acids is 1. The number of amides is 1. The van der Waals surface area contributed by atoms with Crippen molar-refractivity contribution in [3.05, 3.63) is 71.5 Å². The molecule has 0 atom stereocenters. The number of hydrogen-bond donors (Lipinski definition) is 0. The summed E-state index contributed by atoms with van der Waals surface area (Å²) in [5.74, 6) is -2.03. The van der Waals surface area contributed by atoms with E-state index in [0.717, 1.165) is 11.6 Å². The molecule has 0 bridgehead atoms. The van der Waals surface area contributed by atoms with Crippen molar-refractivity contribution in [1.82, 2.24) is 4.90 Å². The minimum Gasteiger partial charge on any atom is -0.457 e. The van der Waals surface area contributed by atoms with Gasteiger partial charge in [-0.05, 0) is 47.9 Å². The second kappa shape index (κ2) is 6.82. The number of nitrogens with zero attached hydrogens (tertiary/aromatic N) is 1. The van der Waals surface area contributed by atoms with E-state index < -0.39 is 36.0 Å². The van der Waals surface area contributed by atoms with Gasteiger partial charge < -0.3 is 9.64 Å². The first kappa shape index (κ1) is 14.4. The van der Waals surface area contributed by atoms with E-state index in [1.807, 2.05) is 0 Å². The lowest BCUT2D eigenvalue weighted by atomic mass is 9.99. The highest BCUT2D eigenvalue weighted by atomic mass is 19.4. The van der Waals surface area contributed by atoms with E-state index in [4.69, 9.17) is 8.85 Å². The van der Waals surface area contributed by atoms with E-state index in [-0.39, 0.29) is 18.0 Å². The summed E-state index contributed by atoms with van der Waals surface area (Å²) in [6, 6.07) is 6.48. The van der Waals surface area contributed by atoms with Crippen molar-refractivity contribution in [2.24, 2.45) is 0 Å². The molecule has 2 aromatic carbocycles. The zero-order valence-electron chi connectivity index (χ0n) is 16.4. The predicted octanol–water partition coefficient (Wildman–Crippen LogP) is 4.71. The van der Waals surface area contributed by atoms with E-state index in [2.05, 4.69) is 0 Å². The molecule has 0 aromatic heterocycles. The van der Waals surface area contributed by atoms with Crippen LogP contribution < -0.4 is 4.74 Å². The third kappa shape index (κ3) is 3.71. The molecule has 7 heteroatoms. The first-order valence-corrected chi connectivity index (χ1v) is 7.66. The number of benzene rings is 2. The van der Waals surface area contributed by atoms with Crippen LogP contribution in [-0.4, -0.2) is 17.4 Å². The minimum absolute atomic E-state index is 0.108. The van der Waals surface area contributed by atoms with Gasteiger partial charge >= 0.3 is 6.18 Å². The lowest BCUT2D eigenvalue weighted by Crippen LogP contribution is -2.34. The highest BCUT2D eigenvalue weighted by Crippen LogP contribution is 2.34. The Kier molecular flexibility index (Phi) is 3.76. The second-order valence-electron chi connectivity index (χ2n) is 5.77. The Labute approximate surface area is 151 Å². The molecule has 2 aromatic rings. The van der Waals surface area contributed by atoms with Gasteiger partial charge in [-0.3, -0.25) is 4.79 Å². The topological polar surface area (TPSA) is 29.5 Å². The average molecular weight is 368 g/mol. The maximum absolute atomic E-state index is 13.7. The lowest BCUT2D eigenvalue weighted by Gasteiger charge is -2.28. The Balaban J connectivity index is 1.79. The molecule has 1 aliphatic heterocycles. The molecule has 0 aliphatic carbocycles. The first-order chi connectivity index (χ1) is 13.6. The summed E-state index contributed by atoms with van der Waals surface area (Å²) < 4.78 is 78.8. The lowest BCUT2D eigenvalue weighted by molar-refractivity contribution is -0.140. The van der Waals surface area contributed by atoms with Crippen molar-refractivity contribution in [2.75, 3.05) is 6.54 Å². The number of rotatable bonds is 3. The molecule has 26 heavy (non-hydrogen) atoms. The van der Waals surface area contributed by atoms with Crippen molar-refractivity contribution in [3.8, 4) is 11.5 Å². The fourth-order valence-electron chi connectivity index (χ4n) is 2.77. The normalized spacial score (nSPS) is 15.4. The van der Waals surface area contributed by atoms with Gasteiger partial charge in [0.25, 0.3) is 0 Å². The maximum atomic E-state index is 13.7. The van der Waals surface area contributed by atoms with Gasteiger partial charge in [-0.25, -0.2) is 4.39 Å². The Bertz CT molecular complexity index is 988. The maximum Gasteiger partial charge on any atom is 0.419 e. The number of ether oxygens (including phenoxy) is 1. The quantitative estimate of drug-likeness (QED) is 0.580. The monoisotopic (exact) mass is 368 g/mol. The van der Waals surface area contributed by atoms with E-state index >= 15 is 0 Å². The molecule has 1 amide bonds. The molecule has 3 nitrogen and oxygen atoms in total. The van der Waals surface area contributed by atoms with Crippen molar-refractivity contribution >= 4 is 5.91 Å². The molecule has 0 saturated heterocycles. The zero-order chi connectivity index (χ0) is 21.3. The Hall–Kier alpha value is -2.83. The zero-order valence-corrected chi connectivity index (χ0v) is 13.4. The van der Waals surface area contributed by atoms with Gasteiger partial charge in [0.1, 0.15) is 17.3 Å². The second-order valence-corrected chi connectivity index (χ2v) is 5.77. The van der Waals surface area contributed by atoms with Gasteiger partial charge in [0.05, 0.1) is 9.68 Å².